The molecule has 2 aromatic rings. The summed E-state index contributed by atoms with van der Waals surface area (Å²) < 4.78 is 0. The molecule has 0 spiro atoms. The third-order valence-electron chi connectivity index (χ3n) is 5.89. The zero-order valence-corrected chi connectivity index (χ0v) is 13.0. The summed E-state index contributed by atoms with van der Waals surface area (Å²) in [6.45, 7) is 2.28. The lowest BCUT2D eigenvalue weighted by Crippen LogP contribution is -2.54. The van der Waals surface area contributed by atoms with Gasteiger partial charge in [-0.3, -0.25) is 0 Å². The fourth-order valence-corrected chi connectivity index (χ4v) is 4.59. The van der Waals surface area contributed by atoms with Crippen molar-refractivity contribution in [2.45, 2.75) is 44.1 Å². The second kappa shape index (κ2) is 4.85. The molecule has 0 heterocycles. The Morgan fingerprint density at radius 2 is 1.86 bits per heavy atom. The van der Waals surface area contributed by atoms with E-state index < -0.39 is 0 Å². The van der Waals surface area contributed by atoms with Gasteiger partial charge in [0.05, 0.1) is 0 Å². The molecule has 0 radical (unpaired) electrons. The van der Waals surface area contributed by atoms with Crippen LogP contribution in [0, 0.1) is 5.92 Å². The minimum atomic E-state index is -0.104. The van der Waals surface area contributed by atoms with Crippen molar-refractivity contribution in [3.05, 3.63) is 64.7 Å². The molecule has 114 valence electrons. The van der Waals surface area contributed by atoms with Crippen molar-refractivity contribution >= 4 is 0 Å². The highest BCUT2D eigenvalue weighted by Gasteiger charge is 2.44. The minimum absolute atomic E-state index is 0.104. The zero-order chi connectivity index (χ0) is 15.3. The standard InChI is InChI=1S/C20H23NO/c1-20-12-16-5-3-2-4-13(16)6-7-15(19(20)21)10-14-8-9-17(22)11-18(14)20/h2-5,8-9,11,15,19,22H,6-7,10,12,21H2,1H3/t15?,19?,20-/m1/s1. The van der Waals surface area contributed by atoms with Crippen LogP contribution in [0.3, 0.4) is 0 Å². The maximum atomic E-state index is 9.97. The smallest absolute Gasteiger partial charge is 0.115 e. The molecule has 2 aliphatic rings. The van der Waals surface area contributed by atoms with Crippen LogP contribution in [0.5, 0.6) is 5.75 Å². The molecule has 2 bridgehead atoms. The summed E-state index contributed by atoms with van der Waals surface area (Å²) in [6.07, 6.45) is 4.26. The first-order valence-electron chi connectivity index (χ1n) is 8.23. The van der Waals surface area contributed by atoms with Crippen LogP contribution in [0.4, 0.5) is 0 Å². The van der Waals surface area contributed by atoms with Crippen molar-refractivity contribution < 1.29 is 5.11 Å². The maximum absolute atomic E-state index is 9.97. The molecule has 0 amide bonds. The molecule has 3 N–H and O–H groups in total. The van der Waals surface area contributed by atoms with Crippen LogP contribution in [0.25, 0.3) is 0 Å². The Labute approximate surface area is 132 Å². The Morgan fingerprint density at radius 1 is 1.09 bits per heavy atom. The van der Waals surface area contributed by atoms with E-state index in [0.29, 0.717) is 11.7 Å². The summed E-state index contributed by atoms with van der Waals surface area (Å²) in [4.78, 5) is 0. The van der Waals surface area contributed by atoms with Gasteiger partial charge in [-0.25, -0.2) is 0 Å². The first kappa shape index (κ1) is 13.8. The molecule has 4 rings (SSSR count). The lowest BCUT2D eigenvalue weighted by molar-refractivity contribution is 0.231. The maximum Gasteiger partial charge on any atom is 0.115 e. The molecule has 22 heavy (non-hydrogen) atoms. The number of hydrogen-bond donors (Lipinski definition) is 2. The fraction of sp³-hybridized carbons (Fsp3) is 0.400. The van der Waals surface area contributed by atoms with Crippen LogP contribution >= 0.6 is 0 Å². The molecule has 2 aliphatic carbocycles. The van der Waals surface area contributed by atoms with Gasteiger partial charge in [0.1, 0.15) is 5.75 Å². The number of fused-ring (bicyclic) bond motifs is 5. The van der Waals surface area contributed by atoms with Gasteiger partial charge in [0.25, 0.3) is 0 Å². The summed E-state index contributed by atoms with van der Waals surface area (Å²) in [5, 5.41) is 9.97. The molecule has 0 saturated heterocycles. The van der Waals surface area contributed by atoms with Gasteiger partial charge < -0.3 is 10.8 Å². The van der Waals surface area contributed by atoms with Crippen LogP contribution in [-0.2, 0) is 24.7 Å². The number of benzene rings is 2. The molecule has 2 aromatic carbocycles. The van der Waals surface area contributed by atoms with Crippen LogP contribution < -0.4 is 5.73 Å². The van der Waals surface area contributed by atoms with Crippen LogP contribution in [0.15, 0.2) is 42.5 Å². The largest absolute Gasteiger partial charge is 0.508 e. The predicted molar refractivity (Wildman–Crippen MR) is 89.1 cm³/mol. The molecule has 2 unspecified atom stereocenters. The Balaban J connectivity index is 1.91. The Hall–Kier alpha value is -1.80. The van der Waals surface area contributed by atoms with Crippen LogP contribution in [0.2, 0.25) is 0 Å². The topological polar surface area (TPSA) is 46.2 Å². The van der Waals surface area contributed by atoms with Gasteiger partial charge in [0, 0.05) is 11.5 Å². The van der Waals surface area contributed by atoms with Crippen molar-refractivity contribution in [2.24, 2.45) is 11.7 Å². The van der Waals surface area contributed by atoms with Crippen LogP contribution in [0.1, 0.15) is 35.6 Å². The molecular formula is C20H23NO. The van der Waals surface area contributed by atoms with Crippen molar-refractivity contribution in [1.29, 1.82) is 0 Å². The third-order valence-corrected chi connectivity index (χ3v) is 5.89. The summed E-state index contributed by atoms with van der Waals surface area (Å²) in [5.74, 6) is 0.872. The van der Waals surface area contributed by atoms with Crippen molar-refractivity contribution in [1.82, 2.24) is 0 Å². The van der Waals surface area contributed by atoms with Crippen molar-refractivity contribution in [3.63, 3.8) is 0 Å². The lowest BCUT2D eigenvalue weighted by Gasteiger charge is -2.47. The number of aryl methyl sites for hydroxylation is 1. The van der Waals surface area contributed by atoms with Gasteiger partial charge in [0.15, 0.2) is 0 Å². The van der Waals surface area contributed by atoms with Crippen molar-refractivity contribution in [2.75, 3.05) is 0 Å². The first-order valence-corrected chi connectivity index (χ1v) is 8.23. The van der Waals surface area contributed by atoms with Crippen LogP contribution in [-0.4, -0.2) is 11.1 Å². The molecular weight excluding hydrogens is 270 g/mol. The number of nitrogens with two attached hydrogens (primary N) is 1. The predicted octanol–water partition coefficient (Wildman–Crippen LogP) is 3.34. The summed E-state index contributed by atoms with van der Waals surface area (Å²) in [5.41, 5.74) is 12.1. The number of phenols is 1. The summed E-state index contributed by atoms with van der Waals surface area (Å²) in [6, 6.07) is 14.8. The second-order valence-electron chi connectivity index (χ2n) is 7.23. The monoisotopic (exact) mass is 293 g/mol. The van der Waals surface area contributed by atoms with E-state index in [1.165, 1.54) is 22.3 Å². The average Bonchev–Trinajstić information content (AvgIpc) is 2.51. The highest BCUT2D eigenvalue weighted by Crippen LogP contribution is 2.45. The van der Waals surface area contributed by atoms with Gasteiger partial charge in [-0.1, -0.05) is 37.3 Å². The van der Waals surface area contributed by atoms with Gasteiger partial charge in [-0.2, -0.15) is 0 Å². The van der Waals surface area contributed by atoms with Gasteiger partial charge in [-0.05, 0) is 66.0 Å². The van der Waals surface area contributed by atoms with E-state index in [-0.39, 0.29) is 11.5 Å². The minimum Gasteiger partial charge on any atom is -0.508 e. The van der Waals surface area contributed by atoms with Gasteiger partial charge in [0.2, 0.25) is 0 Å². The van der Waals surface area contributed by atoms with E-state index in [1.807, 2.05) is 12.1 Å². The van der Waals surface area contributed by atoms with Gasteiger partial charge in [-0.15, -0.1) is 0 Å². The number of phenolic OH excluding ortho intramolecular Hbond substituents is 1. The summed E-state index contributed by atoms with van der Waals surface area (Å²) in [7, 11) is 0. The van der Waals surface area contributed by atoms with Gasteiger partial charge >= 0.3 is 0 Å². The number of aromatic hydroxyl groups is 1. The second-order valence-corrected chi connectivity index (χ2v) is 7.23. The zero-order valence-electron chi connectivity index (χ0n) is 13.0. The quantitative estimate of drug-likeness (QED) is 0.782. The van der Waals surface area contributed by atoms with E-state index in [1.54, 1.807) is 0 Å². The Bertz CT molecular complexity index is 723. The normalized spacial score (nSPS) is 29.9. The van der Waals surface area contributed by atoms with E-state index in [4.69, 9.17) is 5.73 Å². The fourth-order valence-electron chi connectivity index (χ4n) is 4.59. The van der Waals surface area contributed by atoms with E-state index in [2.05, 4.69) is 37.3 Å². The SMILES string of the molecule is C[C@@]12Cc3ccccc3CCC(Cc3ccc(O)cc31)C2N. The highest BCUT2D eigenvalue weighted by molar-refractivity contribution is 5.46. The van der Waals surface area contributed by atoms with E-state index in [0.717, 1.165) is 25.7 Å². The summed E-state index contributed by atoms with van der Waals surface area (Å²) >= 11 is 0. The first-order chi connectivity index (χ1) is 10.6. The van der Waals surface area contributed by atoms with E-state index in [9.17, 15) is 5.11 Å². The lowest BCUT2D eigenvalue weighted by atomic mass is 9.59. The molecule has 2 nitrogen and oxygen atoms in total. The Morgan fingerprint density at radius 3 is 2.68 bits per heavy atom. The third kappa shape index (κ3) is 1.98. The Kier molecular flexibility index (Phi) is 3.05. The number of hydrogen-bond acceptors (Lipinski definition) is 2. The number of rotatable bonds is 0. The average molecular weight is 293 g/mol. The molecule has 2 heteroatoms. The molecule has 0 saturated carbocycles. The van der Waals surface area contributed by atoms with E-state index >= 15 is 0 Å². The molecule has 0 fully saturated rings. The molecule has 0 aromatic heterocycles. The van der Waals surface area contributed by atoms with Crippen molar-refractivity contribution in [3.8, 4) is 5.75 Å². The molecule has 3 atom stereocenters. The highest BCUT2D eigenvalue weighted by atomic mass is 16.3. The molecule has 0 aliphatic heterocycles.